The van der Waals surface area contributed by atoms with Crippen LogP contribution in [-0.4, -0.2) is 55.9 Å². The van der Waals surface area contributed by atoms with Gasteiger partial charge in [-0.3, -0.25) is 0 Å². The second-order valence-electron chi connectivity index (χ2n) is 9.48. The van der Waals surface area contributed by atoms with Crippen LogP contribution in [-0.2, 0) is 0 Å². The van der Waals surface area contributed by atoms with Crippen LogP contribution in [0.3, 0.4) is 0 Å². The molecule has 0 amide bonds. The Morgan fingerprint density at radius 1 is 1.24 bits per heavy atom. The van der Waals surface area contributed by atoms with Crippen LogP contribution in [0.25, 0.3) is 5.65 Å². The van der Waals surface area contributed by atoms with Gasteiger partial charge < -0.3 is 15.0 Å². The van der Waals surface area contributed by atoms with Gasteiger partial charge in [0.15, 0.2) is 0 Å². The highest BCUT2D eigenvalue weighted by Crippen LogP contribution is 2.57. The zero-order valence-electron chi connectivity index (χ0n) is 18.0. The molecule has 3 fully saturated rings. The van der Waals surface area contributed by atoms with E-state index in [2.05, 4.69) is 35.7 Å². The van der Waals surface area contributed by atoms with Crippen LogP contribution >= 0.6 is 11.5 Å². The summed E-state index contributed by atoms with van der Waals surface area (Å²) in [7, 11) is 0. The molecule has 8 nitrogen and oxygen atoms in total. The topological polar surface area (TPSA) is 80.5 Å². The maximum Gasteiger partial charge on any atom is 0.397 e. The van der Waals surface area contributed by atoms with E-state index in [0.717, 1.165) is 31.6 Å². The van der Waals surface area contributed by atoms with Crippen molar-refractivity contribution in [2.45, 2.75) is 44.8 Å². The van der Waals surface area contributed by atoms with E-state index >= 15 is 0 Å². The first-order chi connectivity index (χ1) is 15.8. The predicted molar refractivity (Wildman–Crippen MR) is 117 cm³/mol. The van der Waals surface area contributed by atoms with Crippen molar-refractivity contribution < 1.29 is 17.9 Å². The van der Waals surface area contributed by atoms with Gasteiger partial charge in [-0.25, -0.2) is 9.50 Å². The summed E-state index contributed by atoms with van der Waals surface area (Å²) < 4.78 is 51.2. The molecule has 0 radical (unpaired) electrons. The van der Waals surface area contributed by atoms with Gasteiger partial charge in [0.25, 0.3) is 5.88 Å². The van der Waals surface area contributed by atoms with Crippen LogP contribution in [0.15, 0.2) is 18.5 Å². The number of rotatable bonds is 6. The summed E-state index contributed by atoms with van der Waals surface area (Å²) in [6, 6.07) is 2.39. The smallest absolute Gasteiger partial charge is 0.397 e. The van der Waals surface area contributed by atoms with Gasteiger partial charge in [0.2, 0.25) is 11.6 Å². The molecule has 3 aromatic heterocycles. The van der Waals surface area contributed by atoms with Gasteiger partial charge in [-0.2, -0.15) is 22.5 Å². The molecule has 2 saturated carbocycles. The molecule has 176 valence electrons. The number of ether oxygens (including phenoxy) is 1. The lowest BCUT2D eigenvalue weighted by molar-refractivity contribution is -0.194. The van der Waals surface area contributed by atoms with Crippen molar-refractivity contribution in [2.24, 2.45) is 17.3 Å². The molecule has 12 heteroatoms. The molecule has 1 unspecified atom stereocenters. The molecule has 3 atom stereocenters. The molecule has 0 aromatic carbocycles. The molecule has 3 aliphatic rings. The number of halogens is 3. The molecule has 2 bridgehead atoms. The fraction of sp³-hybridized carbons (Fsp3) is 0.619. The van der Waals surface area contributed by atoms with Crippen LogP contribution in [0.4, 0.5) is 24.1 Å². The van der Waals surface area contributed by atoms with Crippen LogP contribution in [0.1, 0.15) is 31.4 Å². The molecular formula is C21H24F3N7OS. The van der Waals surface area contributed by atoms with Crippen LogP contribution in [0, 0.1) is 24.2 Å². The van der Waals surface area contributed by atoms with E-state index in [1.807, 2.05) is 6.92 Å². The zero-order chi connectivity index (χ0) is 22.8. The summed E-state index contributed by atoms with van der Waals surface area (Å²) in [6.45, 7) is 3.48. The predicted octanol–water partition coefficient (Wildman–Crippen LogP) is 3.94. The number of fused-ring (bicyclic) bond motifs is 3. The largest absolute Gasteiger partial charge is 0.474 e. The summed E-state index contributed by atoms with van der Waals surface area (Å²) in [5.74, 6) is 1.46. The highest BCUT2D eigenvalue weighted by atomic mass is 32.1. The summed E-state index contributed by atoms with van der Waals surface area (Å²) in [5.41, 5.74) is -0.388. The normalized spacial score (nSPS) is 26.1. The van der Waals surface area contributed by atoms with E-state index in [-0.39, 0.29) is 24.8 Å². The first kappa shape index (κ1) is 20.9. The molecule has 33 heavy (non-hydrogen) atoms. The Morgan fingerprint density at radius 3 is 2.64 bits per heavy atom. The number of hydrogen-bond donors (Lipinski definition) is 1. The van der Waals surface area contributed by atoms with Crippen molar-refractivity contribution in [1.82, 2.24) is 24.0 Å². The van der Waals surface area contributed by atoms with E-state index in [9.17, 15) is 13.2 Å². The first-order valence-corrected chi connectivity index (χ1v) is 11.9. The number of aromatic nitrogens is 5. The minimum absolute atomic E-state index is 0.0759. The highest BCUT2D eigenvalue weighted by molar-refractivity contribution is 7.10. The Bertz CT molecular complexity index is 1160. The van der Waals surface area contributed by atoms with E-state index in [1.165, 1.54) is 15.7 Å². The monoisotopic (exact) mass is 479 g/mol. The zero-order valence-corrected chi connectivity index (χ0v) is 18.9. The molecule has 3 aromatic rings. The molecule has 1 N–H and O–H groups in total. The van der Waals surface area contributed by atoms with Crippen molar-refractivity contribution in [1.29, 1.82) is 0 Å². The third-order valence-corrected chi connectivity index (χ3v) is 8.16. The molecule has 1 aliphatic heterocycles. The number of alkyl halides is 3. The van der Waals surface area contributed by atoms with Crippen molar-refractivity contribution in [3.05, 3.63) is 24.2 Å². The van der Waals surface area contributed by atoms with Crippen molar-refractivity contribution >= 4 is 28.1 Å². The van der Waals surface area contributed by atoms with E-state index < -0.39 is 18.2 Å². The van der Waals surface area contributed by atoms with Gasteiger partial charge in [-0.05, 0) is 62.0 Å². The summed E-state index contributed by atoms with van der Waals surface area (Å²) in [6.07, 6.45) is 1.26. The Labute approximate surface area is 192 Å². The lowest BCUT2D eigenvalue weighted by atomic mass is 9.92. The van der Waals surface area contributed by atoms with Gasteiger partial charge in [0, 0.05) is 31.5 Å². The van der Waals surface area contributed by atoms with Crippen LogP contribution < -0.4 is 15.0 Å². The third kappa shape index (κ3) is 3.68. The second kappa shape index (κ2) is 7.44. The summed E-state index contributed by atoms with van der Waals surface area (Å²) in [4.78, 5) is 11.1. The van der Waals surface area contributed by atoms with E-state index in [1.54, 1.807) is 17.7 Å². The molecule has 0 spiro atoms. The van der Waals surface area contributed by atoms with Crippen LogP contribution in [0.2, 0.25) is 0 Å². The lowest BCUT2D eigenvalue weighted by Gasteiger charge is -2.38. The molecule has 2 aliphatic carbocycles. The van der Waals surface area contributed by atoms with Gasteiger partial charge >= 0.3 is 6.18 Å². The maximum absolute atomic E-state index is 13.2. The summed E-state index contributed by atoms with van der Waals surface area (Å²) in [5, 5.41) is 9.20. The summed E-state index contributed by atoms with van der Waals surface area (Å²) >= 11 is 1.55. The molecule has 4 heterocycles. The number of hydrogen-bond acceptors (Lipinski definition) is 8. The first-order valence-electron chi connectivity index (χ1n) is 11.2. The second-order valence-corrected chi connectivity index (χ2v) is 10.3. The lowest BCUT2D eigenvalue weighted by Crippen LogP contribution is -2.48. The average Bonchev–Trinajstić information content (AvgIpc) is 3.20. The van der Waals surface area contributed by atoms with Gasteiger partial charge in [0.1, 0.15) is 17.0 Å². The third-order valence-electron chi connectivity index (χ3n) is 7.22. The quantitative estimate of drug-likeness (QED) is 0.574. The SMILES string of the molecule is Cc1cc(N2C[C@H]3CC[C@@H](C2)C3Nc2nc3c(OCC4(C(F)(F)F)CC4)nccn3n2)sn1. The number of nitrogens with one attached hydrogen (secondary N) is 1. The molecule has 1 saturated heterocycles. The Morgan fingerprint density at radius 2 is 2.00 bits per heavy atom. The van der Waals surface area contributed by atoms with Crippen LogP contribution in [0.5, 0.6) is 5.88 Å². The fourth-order valence-corrected chi connectivity index (χ4v) is 5.89. The Balaban J connectivity index is 1.17. The minimum atomic E-state index is -4.27. The van der Waals surface area contributed by atoms with Crippen molar-refractivity contribution in [2.75, 3.05) is 29.9 Å². The fourth-order valence-electron chi connectivity index (χ4n) is 5.11. The number of nitrogens with zero attached hydrogens (tertiary/aromatic N) is 6. The maximum atomic E-state index is 13.2. The van der Waals surface area contributed by atoms with Crippen molar-refractivity contribution in [3.63, 3.8) is 0 Å². The molecular weight excluding hydrogens is 455 g/mol. The molecule has 6 rings (SSSR count). The van der Waals surface area contributed by atoms with Gasteiger partial charge in [-0.15, -0.1) is 5.10 Å². The standard InChI is InChI=1S/C21H24F3N7OS/c1-12-8-15(33-29-12)30-9-13-2-3-14(10-30)16(13)26-19-27-17-18(25-6-7-31(17)28-19)32-11-20(4-5-20)21(22,23)24/h6-8,13-14,16H,2-5,9-11H2,1H3,(H,26,28)/t13-,14+,16?. The Hall–Kier alpha value is -2.63. The van der Waals surface area contributed by atoms with E-state index in [0.29, 0.717) is 23.4 Å². The minimum Gasteiger partial charge on any atom is -0.474 e. The number of anilines is 2. The van der Waals surface area contributed by atoms with Crippen molar-refractivity contribution in [3.8, 4) is 5.88 Å². The van der Waals surface area contributed by atoms with E-state index in [4.69, 9.17) is 4.74 Å². The van der Waals surface area contributed by atoms with Gasteiger partial charge in [0.05, 0.1) is 5.69 Å². The number of piperidine rings is 1. The number of aryl methyl sites for hydroxylation is 1. The Kier molecular flexibility index (Phi) is 4.72. The average molecular weight is 480 g/mol. The van der Waals surface area contributed by atoms with Gasteiger partial charge in [-0.1, -0.05) is 0 Å². The highest BCUT2D eigenvalue weighted by Gasteiger charge is 2.64.